The molecule has 0 spiro atoms. The van der Waals surface area contributed by atoms with Crippen molar-refractivity contribution in [3.8, 4) is 0 Å². The largest absolute Gasteiger partial charge is 0.478 e. The molecule has 0 amide bonds. The van der Waals surface area contributed by atoms with Gasteiger partial charge < -0.3 is 10.2 Å². The molecule has 0 aliphatic heterocycles. The van der Waals surface area contributed by atoms with Gasteiger partial charge in [-0.1, -0.05) is 0 Å². The van der Waals surface area contributed by atoms with Gasteiger partial charge in [0, 0.05) is 4.47 Å². The molecule has 6 heteroatoms. The molecule has 4 nitrogen and oxygen atoms in total. The van der Waals surface area contributed by atoms with Crippen molar-refractivity contribution in [3.63, 3.8) is 0 Å². The Balaban J connectivity index is 0.00000169. The van der Waals surface area contributed by atoms with E-state index in [2.05, 4.69) is 15.9 Å². The normalized spacial score (nSPS) is 8.93. The van der Waals surface area contributed by atoms with Gasteiger partial charge in [-0.25, -0.2) is 9.59 Å². The fraction of sp³-hybridized carbons (Fsp3) is 0. The van der Waals surface area contributed by atoms with E-state index < -0.39 is 11.9 Å². The Labute approximate surface area is 94.1 Å². The minimum atomic E-state index is -1.09. The lowest BCUT2D eigenvalue weighted by Crippen LogP contribution is -2.01. The van der Waals surface area contributed by atoms with Crippen LogP contribution in [0.1, 0.15) is 20.7 Å². The van der Waals surface area contributed by atoms with Gasteiger partial charge in [0.25, 0.3) is 0 Å². The fourth-order valence-corrected chi connectivity index (χ4v) is 1.37. The zero-order chi connectivity index (χ0) is 10.0. The van der Waals surface area contributed by atoms with Crippen LogP contribution in [0.15, 0.2) is 22.7 Å². The molecule has 0 aliphatic rings. The van der Waals surface area contributed by atoms with Crippen LogP contribution in [0.4, 0.5) is 0 Å². The Morgan fingerprint density at radius 1 is 1.14 bits per heavy atom. The Bertz CT molecular complexity index is 378. The number of halogens is 2. The smallest absolute Gasteiger partial charge is 0.336 e. The number of carbonyl (C=O) groups is 2. The van der Waals surface area contributed by atoms with Gasteiger partial charge in [0.1, 0.15) is 0 Å². The summed E-state index contributed by atoms with van der Waals surface area (Å²) in [7, 11) is 0. The highest BCUT2D eigenvalue weighted by Crippen LogP contribution is 2.18. The molecule has 0 saturated heterocycles. The third-order valence-corrected chi connectivity index (χ3v) is 2.10. The lowest BCUT2D eigenvalue weighted by Gasteiger charge is -1.99. The Kier molecular flexibility index (Phi) is 4.59. The standard InChI is InChI=1S/C8H5BrO4.ClH/c9-6-3-4(7(10)11)1-2-5(6)8(12)13;/h1-3H,(H,10,11)(H,12,13);1H. The zero-order valence-electron chi connectivity index (χ0n) is 6.73. The van der Waals surface area contributed by atoms with Crippen LogP contribution in [0, 0.1) is 0 Å². The molecular weight excluding hydrogens is 275 g/mol. The van der Waals surface area contributed by atoms with Gasteiger partial charge in [0.2, 0.25) is 0 Å². The van der Waals surface area contributed by atoms with Crippen molar-refractivity contribution in [2.24, 2.45) is 0 Å². The third kappa shape index (κ3) is 2.71. The number of benzene rings is 1. The summed E-state index contributed by atoms with van der Waals surface area (Å²) < 4.78 is 0.264. The lowest BCUT2D eigenvalue weighted by molar-refractivity contribution is 0.0680. The first-order valence-corrected chi connectivity index (χ1v) is 4.08. The number of rotatable bonds is 2. The molecule has 76 valence electrons. The van der Waals surface area contributed by atoms with Gasteiger partial charge in [-0.05, 0) is 34.1 Å². The molecule has 0 saturated carbocycles. The predicted molar refractivity (Wildman–Crippen MR) is 55.3 cm³/mol. The molecule has 1 aromatic rings. The van der Waals surface area contributed by atoms with Crippen molar-refractivity contribution in [1.29, 1.82) is 0 Å². The topological polar surface area (TPSA) is 74.6 Å². The average Bonchev–Trinajstić information content (AvgIpc) is 2.03. The molecule has 0 fully saturated rings. The maximum atomic E-state index is 10.5. The molecule has 0 aromatic heterocycles. The highest BCUT2D eigenvalue weighted by molar-refractivity contribution is 9.10. The van der Waals surface area contributed by atoms with Crippen LogP contribution in [0.5, 0.6) is 0 Å². The SMILES string of the molecule is Cl.O=C(O)c1ccc(C(=O)O)c(Br)c1. The van der Waals surface area contributed by atoms with E-state index in [4.69, 9.17) is 10.2 Å². The molecule has 0 heterocycles. The second-order valence-electron chi connectivity index (χ2n) is 2.30. The lowest BCUT2D eigenvalue weighted by atomic mass is 10.1. The van der Waals surface area contributed by atoms with Crippen LogP contribution in [0.3, 0.4) is 0 Å². The van der Waals surface area contributed by atoms with Gasteiger partial charge in [0.15, 0.2) is 0 Å². The van der Waals surface area contributed by atoms with E-state index in [0.29, 0.717) is 0 Å². The van der Waals surface area contributed by atoms with Crippen molar-refractivity contribution >= 4 is 40.3 Å². The second kappa shape index (κ2) is 4.97. The summed E-state index contributed by atoms with van der Waals surface area (Å²) in [5.74, 6) is -2.18. The van der Waals surface area contributed by atoms with E-state index in [9.17, 15) is 9.59 Å². The van der Waals surface area contributed by atoms with Gasteiger partial charge in [-0.2, -0.15) is 0 Å². The molecule has 0 radical (unpaired) electrons. The van der Waals surface area contributed by atoms with Crippen LogP contribution >= 0.6 is 28.3 Å². The minimum absolute atomic E-state index is 0. The van der Waals surface area contributed by atoms with Crippen LogP contribution in [0.2, 0.25) is 0 Å². The van der Waals surface area contributed by atoms with Crippen molar-refractivity contribution in [2.45, 2.75) is 0 Å². The number of aromatic carboxylic acids is 2. The summed E-state index contributed by atoms with van der Waals surface area (Å²) >= 11 is 2.97. The molecule has 0 bridgehead atoms. The van der Waals surface area contributed by atoms with E-state index in [1.807, 2.05) is 0 Å². The summed E-state index contributed by atoms with van der Waals surface area (Å²) in [5, 5.41) is 17.2. The number of carboxylic acids is 2. The van der Waals surface area contributed by atoms with E-state index in [1.165, 1.54) is 18.2 Å². The molecule has 0 aliphatic carbocycles. The maximum absolute atomic E-state index is 10.5. The Morgan fingerprint density at radius 3 is 2.07 bits per heavy atom. The van der Waals surface area contributed by atoms with Crippen LogP contribution in [0.25, 0.3) is 0 Å². The van der Waals surface area contributed by atoms with Crippen LogP contribution in [-0.4, -0.2) is 22.2 Å². The molecule has 1 aromatic carbocycles. The molecular formula is C8H6BrClO4. The average molecular weight is 281 g/mol. The zero-order valence-corrected chi connectivity index (χ0v) is 9.13. The van der Waals surface area contributed by atoms with Crippen molar-refractivity contribution in [1.82, 2.24) is 0 Å². The predicted octanol–water partition coefficient (Wildman–Crippen LogP) is 2.27. The molecule has 0 unspecified atom stereocenters. The minimum Gasteiger partial charge on any atom is -0.478 e. The van der Waals surface area contributed by atoms with E-state index in [0.717, 1.165) is 0 Å². The van der Waals surface area contributed by atoms with Crippen molar-refractivity contribution < 1.29 is 19.8 Å². The van der Waals surface area contributed by atoms with Crippen molar-refractivity contribution in [3.05, 3.63) is 33.8 Å². The van der Waals surface area contributed by atoms with Gasteiger partial charge in [-0.15, -0.1) is 12.4 Å². The molecule has 1 rings (SSSR count). The first-order chi connectivity index (χ1) is 6.02. The maximum Gasteiger partial charge on any atom is 0.336 e. The summed E-state index contributed by atoms with van der Waals surface area (Å²) in [6.45, 7) is 0. The number of hydrogen-bond acceptors (Lipinski definition) is 2. The van der Waals surface area contributed by atoms with E-state index in [1.54, 1.807) is 0 Å². The van der Waals surface area contributed by atoms with Gasteiger partial charge >= 0.3 is 11.9 Å². The van der Waals surface area contributed by atoms with Crippen LogP contribution in [-0.2, 0) is 0 Å². The third-order valence-electron chi connectivity index (χ3n) is 1.45. The first-order valence-electron chi connectivity index (χ1n) is 3.28. The fourth-order valence-electron chi connectivity index (χ4n) is 0.822. The number of carboxylic acid groups (broad SMARTS) is 2. The Morgan fingerprint density at radius 2 is 1.71 bits per heavy atom. The summed E-state index contributed by atoms with van der Waals surface area (Å²) in [6, 6.07) is 3.75. The Hall–Kier alpha value is -1.07. The summed E-state index contributed by atoms with van der Waals surface area (Å²) in [5.41, 5.74) is 0.0990. The van der Waals surface area contributed by atoms with Crippen molar-refractivity contribution in [2.75, 3.05) is 0 Å². The quantitative estimate of drug-likeness (QED) is 0.872. The summed E-state index contributed by atoms with van der Waals surface area (Å²) in [6.07, 6.45) is 0. The first kappa shape index (κ1) is 12.9. The molecule has 14 heavy (non-hydrogen) atoms. The van der Waals surface area contributed by atoms with E-state index >= 15 is 0 Å². The van der Waals surface area contributed by atoms with E-state index in [-0.39, 0.29) is 28.0 Å². The monoisotopic (exact) mass is 280 g/mol. The summed E-state index contributed by atoms with van der Waals surface area (Å²) in [4.78, 5) is 21.0. The molecule has 2 N–H and O–H groups in total. The van der Waals surface area contributed by atoms with Gasteiger partial charge in [0.05, 0.1) is 11.1 Å². The molecule has 0 atom stereocenters. The number of hydrogen-bond donors (Lipinski definition) is 2. The highest BCUT2D eigenvalue weighted by atomic mass is 79.9. The van der Waals surface area contributed by atoms with Crippen LogP contribution < -0.4 is 0 Å². The second-order valence-corrected chi connectivity index (χ2v) is 3.16. The van der Waals surface area contributed by atoms with Gasteiger partial charge in [-0.3, -0.25) is 0 Å². The highest BCUT2D eigenvalue weighted by Gasteiger charge is 2.10.